The van der Waals surface area contributed by atoms with Crippen LogP contribution in [0, 0.1) is 0 Å². The van der Waals surface area contributed by atoms with E-state index in [9.17, 15) is 13.2 Å². The Morgan fingerprint density at radius 3 is 3.00 bits per heavy atom. The van der Waals surface area contributed by atoms with Crippen LogP contribution in [0.25, 0.3) is 0 Å². The van der Waals surface area contributed by atoms with E-state index < -0.39 is 10.0 Å². The highest BCUT2D eigenvalue weighted by Crippen LogP contribution is 2.24. The molecule has 2 heterocycles. The van der Waals surface area contributed by atoms with E-state index in [2.05, 4.69) is 4.99 Å². The van der Waals surface area contributed by atoms with Gasteiger partial charge in [-0.3, -0.25) is 0 Å². The SMILES string of the molecule is O=C=N[C@@H]1CCCN(S(=O)(=O)c2cccs2)C1. The molecule has 0 spiro atoms. The summed E-state index contributed by atoms with van der Waals surface area (Å²) in [7, 11) is -3.41. The molecule has 1 aliphatic heterocycles. The maximum atomic E-state index is 12.2. The summed E-state index contributed by atoms with van der Waals surface area (Å²) in [5.41, 5.74) is 0. The van der Waals surface area contributed by atoms with Crippen molar-refractivity contribution < 1.29 is 13.2 Å². The standard InChI is InChI=1S/C10H12N2O3S2/c13-8-11-9-3-1-5-12(7-9)17(14,15)10-4-2-6-16-10/h2,4,6,9H,1,3,5,7H2/t9-/m1/s1. The van der Waals surface area contributed by atoms with Gasteiger partial charge < -0.3 is 0 Å². The molecule has 5 nitrogen and oxygen atoms in total. The average Bonchev–Trinajstić information content (AvgIpc) is 2.84. The summed E-state index contributed by atoms with van der Waals surface area (Å²) in [6.45, 7) is 0.764. The van der Waals surface area contributed by atoms with Gasteiger partial charge in [0.2, 0.25) is 6.08 Å². The molecule has 1 aromatic rings. The van der Waals surface area contributed by atoms with Crippen molar-refractivity contribution in [2.45, 2.75) is 23.1 Å². The largest absolute Gasteiger partial charge is 0.252 e. The Bertz CT molecular complexity index is 518. The second-order valence-electron chi connectivity index (χ2n) is 3.81. The van der Waals surface area contributed by atoms with Gasteiger partial charge in [-0.15, -0.1) is 11.3 Å². The van der Waals surface area contributed by atoms with Gasteiger partial charge in [0.1, 0.15) is 4.21 Å². The number of rotatable bonds is 3. The number of nitrogens with zero attached hydrogens (tertiary/aromatic N) is 2. The van der Waals surface area contributed by atoms with E-state index in [0.717, 1.165) is 12.8 Å². The van der Waals surface area contributed by atoms with E-state index in [1.807, 2.05) is 0 Å². The van der Waals surface area contributed by atoms with Crippen LogP contribution in [-0.2, 0) is 14.8 Å². The van der Waals surface area contributed by atoms with Crippen molar-refractivity contribution >= 4 is 27.4 Å². The molecule has 1 atom stereocenters. The van der Waals surface area contributed by atoms with Gasteiger partial charge in [0.05, 0.1) is 6.04 Å². The lowest BCUT2D eigenvalue weighted by atomic mass is 10.1. The Balaban J connectivity index is 2.20. The van der Waals surface area contributed by atoms with Crippen LogP contribution in [0.2, 0.25) is 0 Å². The second kappa shape index (κ2) is 5.10. The minimum atomic E-state index is -3.41. The molecular formula is C10H12N2O3S2. The molecule has 0 amide bonds. The molecule has 1 aromatic heterocycles. The number of hydrogen-bond donors (Lipinski definition) is 0. The van der Waals surface area contributed by atoms with Gasteiger partial charge in [0.15, 0.2) is 0 Å². The molecular weight excluding hydrogens is 260 g/mol. The van der Waals surface area contributed by atoms with Gasteiger partial charge in [-0.1, -0.05) is 6.07 Å². The Kier molecular flexibility index (Phi) is 3.73. The number of piperidine rings is 1. The smallest absolute Gasteiger partial charge is 0.211 e. The summed E-state index contributed by atoms with van der Waals surface area (Å²) in [5, 5.41) is 1.73. The molecule has 1 saturated heterocycles. The molecule has 0 bridgehead atoms. The van der Waals surface area contributed by atoms with Crippen LogP contribution < -0.4 is 0 Å². The van der Waals surface area contributed by atoms with E-state index in [1.165, 1.54) is 21.7 Å². The fourth-order valence-corrected chi connectivity index (χ4v) is 4.52. The first-order chi connectivity index (χ1) is 8.14. The first-order valence-electron chi connectivity index (χ1n) is 5.25. The topological polar surface area (TPSA) is 66.8 Å². The number of isocyanates is 1. The molecule has 92 valence electrons. The Morgan fingerprint density at radius 1 is 1.53 bits per heavy atom. The molecule has 7 heteroatoms. The maximum absolute atomic E-state index is 12.2. The maximum Gasteiger partial charge on any atom is 0.252 e. The molecule has 0 saturated carbocycles. The zero-order chi connectivity index (χ0) is 12.3. The minimum absolute atomic E-state index is 0.254. The third-order valence-electron chi connectivity index (χ3n) is 2.68. The number of carbonyl (C=O) groups excluding carboxylic acids is 1. The average molecular weight is 272 g/mol. The van der Waals surface area contributed by atoms with Crippen LogP contribution in [-0.4, -0.2) is 37.9 Å². The quantitative estimate of drug-likeness (QED) is 0.614. The van der Waals surface area contributed by atoms with Crippen molar-refractivity contribution in [2.75, 3.05) is 13.1 Å². The summed E-state index contributed by atoms with van der Waals surface area (Å²) in [6.07, 6.45) is 2.96. The minimum Gasteiger partial charge on any atom is -0.211 e. The van der Waals surface area contributed by atoms with Crippen LogP contribution in [0.1, 0.15) is 12.8 Å². The van der Waals surface area contributed by atoms with Crippen LogP contribution in [0.3, 0.4) is 0 Å². The molecule has 17 heavy (non-hydrogen) atoms. The van der Waals surface area contributed by atoms with Gasteiger partial charge in [0, 0.05) is 13.1 Å². The number of sulfonamides is 1. The van der Waals surface area contributed by atoms with E-state index in [0.29, 0.717) is 10.8 Å². The van der Waals surface area contributed by atoms with Crippen LogP contribution >= 0.6 is 11.3 Å². The zero-order valence-electron chi connectivity index (χ0n) is 9.07. The van der Waals surface area contributed by atoms with Crippen molar-refractivity contribution in [3.05, 3.63) is 17.5 Å². The highest BCUT2D eigenvalue weighted by atomic mass is 32.2. The lowest BCUT2D eigenvalue weighted by molar-refractivity contribution is 0.317. The summed E-state index contributed by atoms with van der Waals surface area (Å²) >= 11 is 1.20. The lowest BCUT2D eigenvalue weighted by Gasteiger charge is -2.28. The summed E-state index contributed by atoms with van der Waals surface area (Å²) < 4.78 is 26.1. The molecule has 1 aliphatic rings. The van der Waals surface area contributed by atoms with Crippen molar-refractivity contribution in [1.29, 1.82) is 0 Å². The van der Waals surface area contributed by atoms with Gasteiger partial charge >= 0.3 is 0 Å². The molecule has 0 unspecified atom stereocenters. The van der Waals surface area contributed by atoms with Crippen LogP contribution in [0.15, 0.2) is 26.7 Å². The summed E-state index contributed by atoms with van der Waals surface area (Å²) in [5.74, 6) is 0. The van der Waals surface area contributed by atoms with Gasteiger partial charge in [-0.25, -0.2) is 18.2 Å². The third-order valence-corrected chi connectivity index (χ3v) is 5.92. The zero-order valence-corrected chi connectivity index (χ0v) is 10.7. The normalized spacial score (nSPS) is 22.0. The lowest BCUT2D eigenvalue weighted by Crippen LogP contribution is -2.41. The van der Waals surface area contributed by atoms with Gasteiger partial charge in [-0.05, 0) is 24.3 Å². The van der Waals surface area contributed by atoms with E-state index >= 15 is 0 Å². The van der Waals surface area contributed by atoms with Crippen LogP contribution in [0.4, 0.5) is 0 Å². The van der Waals surface area contributed by atoms with Crippen molar-refractivity contribution in [3.63, 3.8) is 0 Å². The first-order valence-corrected chi connectivity index (χ1v) is 7.57. The fraction of sp³-hybridized carbons (Fsp3) is 0.500. The van der Waals surface area contributed by atoms with Gasteiger partial charge in [-0.2, -0.15) is 4.31 Å². The highest BCUT2D eigenvalue weighted by Gasteiger charge is 2.30. The predicted molar refractivity (Wildman–Crippen MR) is 64.2 cm³/mol. The summed E-state index contributed by atoms with van der Waals surface area (Å²) in [4.78, 5) is 13.8. The van der Waals surface area contributed by atoms with Gasteiger partial charge in [0.25, 0.3) is 10.0 Å². The molecule has 2 rings (SSSR count). The van der Waals surface area contributed by atoms with Crippen molar-refractivity contribution in [1.82, 2.24) is 4.31 Å². The number of hydrogen-bond acceptors (Lipinski definition) is 5. The monoisotopic (exact) mass is 272 g/mol. The van der Waals surface area contributed by atoms with Crippen LogP contribution in [0.5, 0.6) is 0 Å². The predicted octanol–water partition coefficient (Wildman–Crippen LogP) is 1.24. The van der Waals surface area contributed by atoms with Crippen molar-refractivity contribution in [2.24, 2.45) is 4.99 Å². The summed E-state index contributed by atoms with van der Waals surface area (Å²) in [6, 6.07) is 3.05. The number of thiophene rings is 1. The fourth-order valence-electron chi connectivity index (χ4n) is 1.86. The van der Waals surface area contributed by atoms with E-state index in [4.69, 9.17) is 0 Å². The van der Waals surface area contributed by atoms with E-state index in [1.54, 1.807) is 17.5 Å². The van der Waals surface area contributed by atoms with E-state index in [-0.39, 0.29) is 12.6 Å². The molecule has 0 aliphatic carbocycles. The molecule has 0 radical (unpaired) electrons. The second-order valence-corrected chi connectivity index (χ2v) is 6.92. The molecule has 0 N–H and O–H groups in total. The number of aliphatic imine (C=N–C) groups is 1. The first kappa shape index (κ1) is 12.4. The third kappa shape index (κ3) is 2.63. The van der Waals surface area contributed by atoms with Crippen molar-refractivity contribution in [3.8, 4) is 0 Å². The Morgan fingerprint density at radius 2 is 2.35 bits per heavy atom. The Hall–Kier alpha value is -1.01. The molecule has 0 aromatic carbocycles. The highest BCUT2D eigenvalue weighted by molar-refractivity contribution is 7.91. The molecule has 1 fully saturated rings. The Labute approximate surface area is 104 Å².